The third-order valence-electron chi connectivity index (χ3n) is 4.11. The van der Waals surface area contributed by atoms with E-state index in [2.05, 4.69) is 5.32 Å². The Hall–Kier alpha value is -1.66. The zero-order chi connectivity index (χ0) is 21.0. The molecular formula is C15H23F3N2O6S. The second-order valence-corrected chi connectivity index (χ2v) is 7.85. The van der Waals surface area contributed by atoms with E-state index in [1.165, 1.54) is 10.8 Å². The highest BCUT2D eigenvalue weighted by atomic mass is 32.2. The Morgan fingerprint density at radius 3 is 2.30 bits per heavy atom. The maximum absolute atomic E-state index is 12.8. The third kappa shape index (κ3) is 6.18. The molecule has 156 valence electrons. The minimum atomic E-state index is -5.76. The largest absolute Gasteiger partial charge is 0.511 e. The van der Waals surface area contributed by atoms with Crippen LogP contribution in [0, 0.1) is 0 Å². The molecule has 0 fully saturated rings. The van der Waals surface area contributed by atoms with Crippen molar-refractivity contribution in [3.63, 3.8) is 0 Å². The number of hydrogen-bond donors (Lipinski definition) is 3. The van der Waals surface area contributed by atoms with Crippen molar-refractivity contribution < 1.29 is 41.0 Å². The standard InChI is InChI=1S/C15H23F3N2O6S/c1-4-10(5-2)26-12-7-9(14(22)23)6-11(13(12)19-8(3)21)20-27(24,25)15(16,17)18/h7,10-13,20H,4-6H2,1-3H3,(H,19,21)(H,22,23)/t11-,12+,13+/m0/s1. The molecule has 0 aromatic carbocycles. The van der Waals surface area contributed by atoms with Crippen molar-refractivity contribution in [2.45, 2.75) is 69.8 Å². The van der Waals surface area contributed by atoms with Crippen molar-refractivity contribution in [2.75, 3.05) is 0 Å². The molecule has 0 aliphatic heterocycles. The number of carboxylic acid groups (broad SMARTS) is 1. The molecule has 12 heteroatoms. The number of aliphatic carboxylic acids is 1. The van der Waals surface area contributed by atoms with E-state index in [1.54, 1.807) is 13.8 Å². The fourth-order valence-corrected chi connectivity index (χ4v) is 3.51. The summed E-state index contributed by atoms with van der Waals surface area (Å²) in [5, 5.41) is 11.6. The zero-order valence-corrected chi connectivity index (χ0v) is 15.9. The van der Waals surface area contributed by atoms with Gasteiger partial charge in [-0.05, 0) is 25.3 Å². The van der Waals surface area contributed by atoms with Gasteiger partial charge in [0.2, 0.25) is 5.91 Å². The number of ether oxygens (including phenoxy) is 1. The highest BCUT2D eigenvalue weighted by Crippen LogP contribution is 2.28. The van der Waals surface area contributed by atoms with E-state index in [0.29, 0.717) is 12.8 Å². The number of halogens is 3. The summed E-state index contributed by atoms with van der Waals surface area (Å²) in [4.78, 5) is 22.9. The van der Waals surface area contributed by atoms with Gasteiger partial charge in [-0.1, -0.05) is 13.8 Å². The fourth-order valence-electron chi connectivity index (χ4n) is 2.75. The Kier molecular flexibility index (Phi) is 7.81. The molecule has 3 N–H and O–H groups in total. The molecule has 8 nitrogen and oxygen atoms in total. The summed E-state index contributed by atoms with van der Waals surface area (Å²) in [6, 6.07) is -2.75. The van der Waals surface area contributed by atoms with Crippen LogP contribution in [0.5, 0.6) is 0 Å². The van der Waals surface area contributed by atoms with Crippen LogP contribution in [0.4, 0.5) is 13.2 Å². The van der Waals surface area contributed by atoms with E-state index in [4.69, 9.17) is 4.74 Å². The van der Waals surface area contributed by atoms with Gasteiger partial charge in [0.15, 0.2) is 0 Å². The van der Waals surface area contributed by atoms with Crippen LogP contribution in [-0.4, -0.2) is 55.2 Å². The van der Waals surface area contributed by atoms with Gasteiger partial charge in [0, 0.05) is 18.5 Å². The predicted octanol–water partition coefficient (Wildman–Crippen LogP) is 1.29. The monoisotopic (exact) mass is 416 g/mol. The maximum Gasteiger partial charge on any atom is 0.511 e. The van der Waals surface area contributed by atoms with Crippen LogP contribution >= 0.6 is 0 Å². The topological polar surface area (TPSA) is 122 Å². The molecule has 0 radical (unpaired) electrons. The van der Waals surface area contributed by atoms with Gasteiger partial charge < -0.3 is 15.2 Å². The molecule has 1 amide bonds. The van der Waals surface area contributed by atoms with E-state index in [9.17, 15) is 36.3 Å². The van der Waals surface area contributed by atoms with Gasteiger partial charge in [0.1, 0.15) is 0 Å². The lowest BCUT2D eigenvalue weighted by Crippen LogP contribution is -2.60. The molecule has 0 aromatic rings. The molecule has 0 unspecified atom stereocenters. The van der Waals surface area contributed by atoms with Crippen LogP contribution in [-0.2, 0) is 24.3 Å². The van der Waals surface area contributed by atoms with Gasteiger partial charge in [-0.3, -0.25) is 4.79 Å². The Balaban J connectivity index is 3.31. The van der Waals surface area contributed by atoms with Crippen molar-refractivity contribution in [1.82, 2.24) is 10.0 Å². The normalized spacial score (nSPS) is 23.8. The number of amides is 1. The zero-order valence-electron chi connectivity index (χ0n) is 15.0. The summed E-state index contributed by atoms with van der Waals surface area (Å²) in [5.74, 6) is -2.04. The minimum Gasteiger partial charge on any atom is -0.478 e. The smallest absolute Gasteiger partial charge is 0.478 e. The van der Waals surface area contributed by atoms with E-state index in [-0.39, 0.29) is 11.7 Å². The van der Waals surface area contributed by atoms with Crippen LogP contribution in [0.3, 0.4) is 0 Å². The second-order valence-electron chi connectivity index (χ2n) is 6.14. The van der Waals surface area contributed by atoms with Crippen LogP contribution < -0.4 is 10.0 Å². The number of carbonyl (C=O) groups excluding carboxylic acids is 1. The SMILES string of the molecule is CCC(CC)O[C@@H]1C=C(C(=O)O)C[C@H](NS(=O)(=O)C(F)(F)F)[C@H]1NC(C)=O. The summed E-state index contributed by atoms with van der Waals surface area (Å²) in [5.41, 5.74) is -5.88. The quantitative estimate of drug-likeness (QED) is 0.548. The Morgan fingerprint density at radius 1 is 1.33 bits per heavy atom. The number of hydrogen-bond acceptors (Lipinski definition) is 5. The van der Waals surface area contributed by atoms with E-state index < -0.39 is 52.0 Å². The lowest BCUT2D eigenvalue weighted by molar-refractivity contribution is -0.133. The number of carboxylic acids is 1. The van der Waals surface area contributed by atoms with Gasteiger partial charge in [0.05, 0.1) is 18.2 Å². The lowest BCUT2D eigenvalue weighted by Gasteiger charge is -2.38. The van der Waals surface area contributed by atoms with Crippen molar-refractivity contribution >= 4 is 21.9 Å². The third-order valence-corrected chi connectivity index (χ3v) is 5.33. The molecule has 0 saturated carbocycles. The minimum absolute atomic E-state index is 0.303. The summed E-state index contributed by atoms with van der Waals surface area (Å²) in [7, 11) is -5.76. The van der Waals surface area contributed by atoms with Crippen molar-refractivity contribution in [3.8, 4) is 0 Å². The van der Waals surface area contributed by atoms with Crippen LogP contribution in [0.15, 0.2) is 11.6 Å². The summed E-state index contributed by atoms with van der Waals surface area (Å²) >= 11 is 0. The van der Waals surface area contributed by atoms with Gasteiger partial charge in [-0.25, -0.2) is 17.9 Å². The number of sulfonamides is 1. The molecule has 0 spiro atoms. The highest BCUT2D eigenvalue weighted by Gasteiger charge is 2.49. The average molecular weight is 416 g/mol. The molecule has 0 heterocycles. The summed E-state index contributed by atoms with van der Waals surface area (Å²) in [6.07, 6.45) is 0.261. The molecule has 0 saturated heterocycles. The van der Waals surface area contributed by atoms with Crippen molar-refractivity contribution in [2.24, 2.45) is 0 Å². The molecule has 1 rings (SSSR count). The first-order valence-electron chi connectivity index (χ1n) is 8.27. The predicted molar refractivity (Wildman–Crippen MR) is 89.1 cm³/mol. The van der Waals surface area contributed by atoms with Crippen LogP contribution in [0.1, 0.15) is 40.0 Å². The van der Waals surface area contributed by atoms with Gasteiger partial charge in [0.25, 0.3) is 0 Å². The van der Waals surface area contributed by atoms with E-state index in [1.807, 2.05) is 0 Å². The summed E-state index contributed by atoms with van der Waals surface area (Å²) < 4.78 is 68.5. The fraction of sp³-hybridized carbons (Fsp3) is 0.733. The number of rotatable bonds is 8. The molecule has 0 aromatic heterocycles. The average Bonchev–Trinajstić information content (AvgIpc) is 2.52. The Bertz CT molecular complexity index is 688. The molecule has 1 aliphatic carbocycles. The number of carbonyl (C=O) groups is 2. The van der Waals surface area contributed by atoms with Crippen LogP contribution in [0.2, 0.25) is 0 Å². The molecular weight excluding hydrogens is 393 g/mol. The second kappa shape index (κ2) is 9.02. The highest BCUT2D eigenvalue weighted by molar-refractivity contribution is 7.90. The Labute approximate surface area is 155 Å². The molecule has 1 aliphatic rings. The first kappa shape index (κ1) is 23.4. The lowest BCUT2D eigenvalue weighted by atomic mass is 9.88. The summed E-state index contributed by atoms with van der Waals surface area (Å²) in [6.45, 7) is 4.71. The van der Waals surface area contributed by atoms with Gasteiger partial charge in [-0.2, -0.15) is 13.2 Å². The van der Waals surface area contributed by atoms with Gasteiger partial charge >= 0.3 is 21.5 Å². The molecule has 3 atom stereocenters. The first-order chi connectivity index (χ1) is 12.3. The maximum atomic E-state index is 12.8. The van der Waals surface area contributed by atoms with Crippen molar-refractivity contribution in [3.05, 3.63) is 11.6 Å². The van der Waals surface area contributed by atoms with Crippen LogP contribution in [0.25, 0.3) is 0 Å². The molecule has 0 bridgehead atoms. The van der Waals surface area contributed by atoms with Crippen molar-refractivity contribution in [1.29, 1.82) is 0 Å². The first-order valence-corrected chi connectivity index (χ1v) is 9.75. The van der Waals surface area contributed by atoms with E-state index >= 15 is 0 Å². The Morgan fingerprint density at radius 2 is 1.89 bits per heavy atom. The number of nitrogens with one attached hydrogen (secondary N) is 2. The molecule has 27 heavy (non-hydrogen) atoms. The van der Waals surface area contributed by atoms with E-state index in [0.717, 1.165) is 6.92 Å². The number of alkyl halides is 3. The van der Waals surface area contributed by atoms with Gasteiger partial charge in [-0.15, -0.1) is 0 Å².